The molecule has 9 heteroatoms. The molecule has 106 valence electrons. The van der Waals surface area contributed by atoms with Crippen molar-refractivity contribution in [2.75, 3.05) is 6.54 Å². The maximum Gasteiger partial charge on any atom is 0.270 e. The van der Waals surface area contributed by atoms with Gasteiger partial charge in [-0.15, -0.1) is 0 Å². The van der Waals surface area contributed by atoms with Crippen LogP contribution < -0.4 is 10.5 Å². The molecule has 1 rings (SSSR count). The summed E-state index contributed by atoms with van der Waals surface area (Å²) in [5.41, 5.74) is 3.88. The summed E-state index contributed by atoms with van der Waals surface area (Å²) in [5.74, 6) is -1.06. The summed E-state index contributed by atoms with van der Waals surface area (Å²) in [6, 6.07) is 2.30. The third kappa shape index (κ3) is 3.69. The van der Waals surface area contributed by atoms with E-state index in [-0.39, 0.29) is 6.54 Å². The first-order valence-electron chi connectivity index (χ1n) is 5.27. The van der Waals surface area contributed by atoms with Gasteiger partial charge in [0.1, 0.15) is 10.7 Å². The second-order valence-electron chi connectivity index (χ2n) is 4.57. The largest absolute Gasteiger partial charge is 0.329 e. The van der Waals surface area contributed by atoms with Crippen molar-refractivity contribution in [3.8, 4) is 0 Å². The number of halogens is 1. The molecule has 0 aliphatic heterocycles. The van der Waals surface area contributed by atoms with Crippen molar-refractivity contribution in [3.05, 3.63) is 34.1 Å². The Kier molecular flexibility index (Phi) is 4.23. The molecule has 0 aliphatic carbocycles. The Morgan fingerprint density at radius 2 is 2.05 bits per heavy atom. The average Bonchev–Trinajstić information content (AvgIpc) is 2.27. The Morgan fingerprint density at radius 1 is 1.47 bits per heavy atom. The molecule has 0 spiro atoms. The second-order valence-corrected chi connectivity index (χ2v) is 6.22. The summed E-state index contributed by atoms with van der Waals surface area (Å²) in [4.78, 5) is 9.01. The third-order valence-electron chi connectivity index (χ3n) is 2.34. The lowest BCUT2D eigenvalue weighted by atomic mass is 10.1. The standard InChI is InChI=1S/C10H14FN3O4S/c1-10(2,6-12)13-19(17,18)9-5-7(14(15)16)3-4-8(9)11/h3-5,13H,6,12H2,1-2H3. The molecular weight excluding hydrogens is 277 g/mol. The maximum absolute atomic E-state index is 13.5. The lowest BCUT2D eigenvalue weighted by Gasteiger charge is -2.23. The van der Waals surface area contributed by atoms with Crippen LogP contribution in [0.15, 0.2) is 23.1 Å². The van der Waals surface area contributed by atoms with Crippen LogP contribution in [0.3, 0.4) is 0 Å². The van der Waals surface area contributed by atoms with Crippen LogP contribution >= 0.6 is 0 Å². The van der Waals surface area contributed by atoms with E-state index in [1.807, 2.05) is 0 Å². The summed E-state index contributed by atoms with van der Waals surface area (Å²) < 4.78 is 39.7. The molecule has 0 amide bonds. The van der Waals surface area contributed by atoms with E-state index in [4.69, 9.17) is 5.73 Å². The van der Waals surface area contributed by atoms with Crippen molar-refractivity contribution >= 4 is 15.7 Å². The normalized spacial score (nSPS) is 12.4. The number of benzene rings is 1. The predicted octanol–water partition coefficient (Wildman–Crippen LogP) is 0.750. The first-order valence-corrected chi connectivity index (χ1v) is 6.75. The number of hydrogen-bond acceptors (Lipinski definition) is 5. The zero-order valence-corrected chi connectivity index (χ0v) is 11.2. The molecule has 0 bridgehead atoms. The van der Waals surface area contributed by atoms with Crippen LogP contribution in [0, 0.1) is 15.9 Å². The van der Waals surface area contributed by atoms with E-state index in [1.54, 1.807) is 0 Å². The fourth-order valence-corrected chi connectivity index (χ4v) is 2.79. The van der Waals surface area contributed by atoms with Crippen molar-refractivity contribution in [1.82, 2.24) is 4.72 Å². The fourth-order valence-electron chi connectivity index (χ4n) is 1.27. The Labute approximate surface area is 109 Å². The zero-order chi connectivity index (χ0) is 14.8. The molecule has 0 fully saturated rings. The van der Waals surface area contributed by atoms with Gasteiger partial charge >= 0.3 is 0 Å². The molecular formula is C10H14FN3O4S. The van der Waals surface area contributed by atoms with Crippen molar-refractivity contribution in [3.63, 3.8) is 0 Å². The van der Waals surface area contributed by atoms with Crippen LogP contribution in [0.2, 0.25) is 0 Å². The Morgan fingerprint density at radius 3 is 2.53 bits per heavy atom. The van der Waals surface area contributed by atoms with E-state index in [0.29, 0.717) is 6.07 Å². The average molecular weight is 291 g/mol. The first kappa shape index (κ1) is 15.5. The number of non-ortho nitro benzene ring substituents is 1. The topological polar surface area (TPSA) is 115 Å². The van der Waals surface area contributed by atoms with Crippen LogP contribution in [0.4, 0.5) is 10.1 Å². The van der Waals surface area contributed by atoms with E-state index in [0.717, 1.165) is 12.1 Å². The molecule has 0 atom stereocenters. The van der Waals surface area contributed by atoms with Crippen molar-refractivity contribution in [2.24, 2.45) is 5.73 Å². The maximum atomic E-state index is 13.5. The lowest BCUT2D eigenvalue weighted by molar-refractivity contribution is -0.385. The quantitative estimate of drug-likeness (QED) is 0.613. The van der Waals surface area contributed by atoms with Crippen LogP contribution in [0.1, 0.15) is 13.8 Å². The number of hydrogen-bond donors (Lipinski definition) is 2. The SMILES string of the molecule is CC(C)(CN)NS(=O)(=O)c1cc([N+](=O)[O-])ccc1F. The number of nitro groups is 1. The van der Waals surface area contributed by atoms with E-state index in [9.17, 15) is 22.9 Å². The molecule has 0 unspecified atom stereocenters. The van der Waals surface area contributed by atoms with Gasteiger partial charge in [0.05, 0.1) is 4.92 Å². The predicted molar refractivity (Wildman–Crippen MR) is 66.5 cm³/mol. The summed E-state index contributed by atoms with van der Waals surface area (Å²) in [6.07, 6.45) is 0. The van der Waals surface area contributed by atoms with Crippen molar-refractivity contribution < 1.29 is 17.7 Å². The van der Waals surface area contributed by atoms with Crippen LogP contribution in [0.25, 0.3) is 0 Å². The minimum Gasteiger partial charge on any atom is -0.329 e. The minimum atomic E-state index is -4.23. The summed E-state index contributed by atoms with van der Waals surface area (Å²) in [6.45, 7) is 3.02. The zero-order valence-electron chi connectivity index (χ0n) is 10.4. The second kappa shape index (κ2) is 5.19. The van der Waals surface area contributed by atoms with Gasteiger partial charge in [-0.2, -0.15) is 0 Å². The summed E-state index contributed by atoms with van der Waals surface area (Å²) in [7, 11) is -4.23. The highest BCUT2D eigenvalue weighted by Gasteiger charge is 2.28. The highest BCUT2D eigenvalue weighted by Crippen LogP contribution is 2.22. The first-order chi connectivity index (χ1) is 8.59. The third-order valence-corrected chi connectivity index (χ3v) is 4.05. The Bertz CT molecular complexity index is 601. The Hall–Kier alpha value is -1.58. The molecule has 0 saturated heterocycles. The molecule has 7 nitrogen and oxygen atoms in total. The van der Waals surface area contributed by atoms with Crippen LogP contribution in [0.5, 0.6) is 0 Å². The molecule has 0 heterocycles. The van der Waals surface area contributed by atoms with Gasteiger partial charge in [0.2, 0.25) is 10.0 Å². The van der Waals surface area contributed by atoms with Crippen molar-refractivity contribution in [1.29, 1.82) is 0 Å². The lowest BCUT2D eigenvalue weighted by Crippen LogP contribution is -2.48. The highest BCUT2D eigenvalue weighted by molar-refractivity contribution is 7.89. The number of nitrogens with zero attached hydrogens (tertiary/aromatic N) is 1. The van der Waals surface area contributed by atoms with E-state index in [2.05, 4.69) is 4.72 Å². The van der Waals surface area contributed by atoms with Crippen molar-refractivity contribution in [2.45, 2.75) is 24.3 Å². The highest BCUT2D eigenvalue weighted by atomic mass is 32.2. The molecule has 19 heavy (non-hydrogen) atoms. The number of nitro benzene ring substituents is 1. The molecule has 0 radical (unpaired) electrons. The van der Waals surface area contributed by atoms with E-state index in [1.165, 1.54) is 13.8 Å². The summed E-state index contributed by atoms with van der Waals surface area (Å²) in [5, 5.41) is 10.6. The molecule has 0 aromatic heterocycles. The smallest absolute Gasteiger partial charge is 0.270 e. The van der Waals surface area contributed by atoms with E-state index >= 15 is 0 Å². The Balaban J connectivity index is 3.28. The minimum absolute atomic E-state index is 0.0111. The number of nitrogens with two attached hydrogens (primary N) is 1. The number of nitrogens with one attached hydrogen (secondary N) is 1. The molecule has 0 saturated carbocycles. The van der Waals surface area contributed by atoms with Gasteiger partial charge < -0.3 is 5.73 Å². The van der Waals surface area contributed by atoms with Gasteiger partial charge in [-0.3, -0.25) is 10.1 Å². The molecule has 1 aromatic carbocycles. The molecule has 0 aliphatic rings. The fraction of sp³-hybridized carbons (Fsp3) is 0.400. The number of sulfonamides is 1. The van der Waals surface area contributed by atoms with Gasteiger partial charge in [-0.05, 0) is 19.9 Å². The van der Waals surface area contributed by atoms with Gasteiger partial charge in [0.15, 0.2) is 0 Å². The van der Waals surface area contributed by atoms with Gasteiger partial charge in [-0.25, -0.2) is 17.5 Å². The molecule has 1 aromatic rings. The monoisotopic (exact) mass is 291 g/mol. The van der Waals surface area contributed by atoms with Gasteiger partial charge in [-0.1, -0.05) is 0 Å². The number of rotatable bonds is 5. The van der Waals surface area contributed by atoms with Crippen LogP contribution in [-0.4, -0.2) is 25.4 Å². The summed E-state index contributed by atoms with van der Waals surface area (Å²) >= 11 is 0. The van der Waals surface area contributed by atoms with Gasteiger partial charge in [0.25, 0.3) is 5.69 Å². The van der Waals surface area contributed by atoms with E-state index < -0.39 is 36.9 Å². The van der Waals surface area contributed by atoms with Crippen LogP contribution in [-0.2, 0) is 10.0 Å². The van der Waals surface area contributed by atoms with Gasteiger partial charge in [0, 0.05) is 24.2 Å². The molecule has 3 N–H and O–H groups in total.